The lowest BCUT2D eigenvalue weighted by Gasteiger charge is -2.32. The Hall–Kier alpha value is -1.34. The van der Waals surface area contributed by atoms with Crippen molar-refractivity contribution in [3.8, 4) is 0 Å². The number of urea groups is 1. The summed E-state index contributed by atoms with van der Waals surface area (Å²) in [6.07, 6.45) is 1.31. The van der Waals surface area contributed by atoms with E-state index in [1.807, 2.05) is 0 Å². The first-order valence-corrected chi connectivity index (χ1v) is 6.37. The van der Waals surface area contributed by atoms with E-state index in [0.717, 1.165) is 12.8 Å². The number of rotatable bonds is 6. The summed E-state index contributed by atoms with van der Waals surface area (Å²) in [5.74, 6) is -0.946. The van der Waals surface area contributed by atoms with Crippen molar-refractivity contribution in [1.29, 1.82) is 0 Å². The normalized spacial score (nSPS) is 20.9. The van der Waals surface area contributed by atoms with Gasteiger partial charge in [-0.2, -0.15) is 0 Å². The molecule has 1 aliphatic heterocycles. The van der Waals surface area contributed by atoms with E-state index in [-0.39, 0.29) is 25.1 Å². The predicted octanol–water partition coefficient (Wildman–Crippen LogP) is 0.297. The highest BCUT2D eigenvalue weighted by Crippen LogP contribution is 2.12. The Balaban J connectivity index is 2.35. The van der Waals surface area contributed by atoms with Gasteiger partial charge < -0.3 is 24.8 Å². The van der Waals surface area contributed by atoms with Gasteiger partial charge in [0, 0.05) is 33.9 Å². The summed E-state index contributed by atoms with van der Waals surface area (Å²) in [4.78, 5) is 24.2. The van der Waals surface area contributed by atoms with Gasteiger partial charge >= 0.3 is 12.0 Å². The monoisotopic (exact) mass is 274 g/mol. The second-order valence-corrected chi connectivity index (χ2v) is 4.59. The molecular weight excluding hydrogens is 252 g/mol. The van der Waals surface area contributed by atoms with E-state index in [1.54, 1.807) is 12.0 Å². The number of piperidine rings is 1. The largest absolute Gasteiger partial charge is 0.481 e. The minimum Gasteiger partial charge on any atom is -0.481 e. The zero-order valence-corrected chi connectivity index (χ0v) is 11.4. The number of nitrogens with one attached hydrogen (secondary N) is 1. The Morgan fingerprint density at radius 2 is 2.21 bits per heavy atom. The summed E-state index contributed by atoms with van der Waals surface area (Å²) in [6, 6.07) is -0.200. The number of carbonyl (C=O) groups excluding carboxylic acids is 1. The molecule has 0 aliphatic carbocycles. The number of amides is 2. The number of carbonyl (C=O) groups is 2. The molecule has 0 aromatic heterocycles. The van der Waals surface area contributed by atoms with Crippen LogP contribution in [0.3, 0.4) is 0 Å². The van der Waals surface area contributed by atoms with Gasteiger partial charge in [0.05, 0.1) is 18.6 Å². The fraction of sp³-hybridized carbons (Fsp3) is 0.833. The summed E-state index contributed by atoms with van der Waals surface area (Å²) < 4.78 is 10.2. The molecule has 1 fully saturated rings. The fourth-order valence-electron chi connectivity index (χ4n) is 2.06. The molecule has 2 unspecified atom stereocenters. The van der Waals surface area contributed by atoms with Gasteiger partial charge in [-0.25, -0.2) is 4.79 Å². The third-order valence-electron chi connectivity index (χ3n) is 3.22. The van der Waals surface area contributed by atoms with Crippen LogP contribution in [0.15, 0.2) is 0 Å². The van der Waals surface area contributed by atoms with E-state index in [2.05, 4.69) is 5.32 Å². The Kier molecular flexibility index (Phi) is 6.58. The van der Waals surface area contributed by atoms with Gasteiger partial charge in [-0.05, 0) is 12.8 Å². The van der Waals surface area contributed by atoms with Crippen LogP contribution < -0.4 is 5.32 Å². The maximum Gasteiger partial charge on any atom is 0.317 e. The molecular formula is C12H22N2O5. The number of ether oxygens (including phenoxy) is 2. The number of hydrogen-bond donors (Lipinski definition) is 2. The smallest absolute Gasteiger partial charge is 0.317 e. The number of methoxy groups -OCH3 is 2. The number of hydrogen-bond acceptors (Lipinski definition) is 4. The van der Waals surface area contributed by atoms with Crippen LogP contribution in [-0.2, 0) is 14.3 Å². The van der Waals surface area contributed by atoms with Crippen molar-refractivity contribution in [3.05, 3.63) is 0 Å². The molecule has 1 rings (SSSR count). The minimum absolute atomic E-state index is 0.0803. The van der Waals surface area contributed by atoms with Gasteiger partial charge in [0.15, 0.2) is 0 Å². The van der Waals surface area contributed by atoms with Crippen LogP contribution in [0, 0.1) is 0 Å². The Labute approximate surface area is 112 Å². The van der Waals surface area contributed by atoms with E-state index in [0.29, 0.717) is 13.1 Å². The first kappa shape index (κ1) is 15.7. The molecule has 7 heteroatoms. The SMILES string of the molecule is COC(CNC(=O)N1CCCC(OC)C1)CC(=O)O. The quantitative estimate of drug-likeness (QED) is 0.727. The average molecular weight is 274 g/mol. The highest BCUT2D eigenvalue weighted by atomic mass is 16.5. The van der Waals surface area contributed by atoms with Crippen molar-refractivity contribution >= 4 is 12.0 Å². The molecule has 19 heavy (non-hydrogen) atoms. The lowest BCUT2D eigenvalue weighted by Crippen LogP contribution is -2.49. The highest BCUT2D eigenvalue weighted by molar-refractivity contribution is 5.74. The van der Waals surface area contributed by atoms with Crippen molar-refractivity contribution in [1.82, 2.24) is 10.2 Å². The number of carboxylic acids is 1. The standard InChI is InChI=1S/C12H22N2O5/c1-18-9-4-3-5-14(8-9)12(17)13-7-10(19-2)6-11(15)16/h9-10H,3-8H2,1-2H3,(H,13,17)(H,15,16). The Morgan fingerprint density at radius 1 is 1.47 bits per heavy atom. The van der Waals surface area contributed by atoms with E-state index in [9.17, 15) is 9.59 Å². The van der Waals surface area contributed by atoms with E-state index >= 15 is 0 Å². The summed E-state index contributed by atoms with van der Waals surface area (Å²) >= 11 is 0. The van der Waals surface area contributed by atoms with Crippen LogP contribution in [0.5, 0.6) is 0 Å². The van der Waals surface area contributed by atoms with Gasteiger partial charge in [-0.15, -0.1) is 0 Å². The lowest BCUT2D eigenvalue weighted by molar-refractivity contribution is -0.139. The fourth-order valence-corrected chi connectivity index (χ4v) is 2.06. The molecule has 0 saturated carbocycles. The van der Waals surface area contributed by atoms with Crippen molar-refractivity contribution in [2.24, 2.45) is 0 Å². The second-order valence-electron chi connectivity index (χ2n) is 4.59. The summed E-state index contributed by atoms with van der Waals surface area (Å²) in [7, 11) is 3.07. The van der Waals surface area contributed by atoms with Crippen LogP contribution in [0.2, 0.25) is 0 Å². The molecule has 0 aromatic rings. The van der Waals surface area contributed by atoms with Crippen LogP contribution in [0.1, 0.15) is 19.3 Å². The Morgan fingerprint density at radius 3 is 2.79 bits per heavy atom. The number of carboxylic acid groups (broad SMARTS) is 1. The number of likely N-dealkylation sites (tertiary alicyclic amines) is 1. The first-order valence-electron chi connectivity index (χ1n) is 6.37. The molecule has 2 atom stereocenters. The third-order valence-corrected chi connectivity index (χ3v) is 3.22. The molecule has 7 nitrogen and oxygen atoms in total. The van der Waals surface area contributed by atoms with Crippen LogP contribution in [0.4, 0.5) is 4.79 Å². The summed E-state index contributed by atoms with van der Waals surface area (Å²) in [6.45, 7) is 1.46. The minimum atomic E-state index is -0.946. The maximum atomic E-state index is 11.9. The molecule has 0 aromatic carbocycles. The van der Waals surface area contributed by atoms with E-state index < -0.39 is 12.1 Å². The number of aliphatic carboxylic acids is 1. The maximum absolute atomic E-state index is 11.9. The summed E-state index contributed by atoms with van der Waals surface area (Å²) in [5, 5.41) is 11.4. The molecule has 2 amide bonds. The van der Waals surface area contributed by atoms with Crippen molar-refractivity contribution in [2.75, 3.05) is 33.9 Å². The number of nitrogens with zero attached hydrogens (tertiary/aromatic N) is 1. The first-order chi connectivity index (χ1) is 9.06. The zero-order valence-electron chi connectivity index (χ0n) is 11.4. The highest BCUT2D eigenvalue weighted by Gasteiger charge is 2.24. The molecule has 2 N–H and O–H groups in total. The van der Waals surface area contributed by atoms with Gasteiger partial charge in [0.1, 0.15) is 0 Å². The zero-order chi connectivity index (χ0) is 14.3. The second kappa shape index (κ2) is 7.96. The van der Waals surface area contributed by atoms with Crippen LogP contribution >= 0.6 is 0 Å². The van der Waals surface area contributed by atoms with Crippen molar-refractivity contribution in [2.45, 2.75) is 31.5 Å². The van der Waals surface area contributed by atoms with Gasteiger partial charge in [0.2, 0.25) is 0 Å². The molecule has 0 spiro atoms. The summed E-state index contributed by atoms with van der Waals surface area (Å²) in [5.41, 5.74) is 0. The topological polar surface area (TPSA) is 88.1 Å². The molecule has 1 saturated heterocycles. The van der Waals surface area contributed by atoms with Gasteiger partial charge in [0.25, 0.3) is 0 Å². The molecule has 1 heterocycles. The Bertz CT molecular complexity index is 310. The van der Waals surface area contributed by atoms with Crippen LogP contribution in [-0.4, -0.2) is 68.1 Å². The lowest BCUT2D eigenvalue weighted by atomic mass is 10.1. The van der Waals surface area contributed by atoms with Crippen molar-refractivity contribution in [3.63, 3.8) is 0 Å². The van der Waals surface area contributed by atoms with E-state index in [4.69, 9.17) is 14.6 Å². The molecule has 1 aliphatic rings. The van der Waals surface area contributed by atoms with Crippen LogP contribution in [0.25, 0.3) is 0 Å². The predicted molar refractivity (Wildman–Crippen MR) is 68.1 cm³/mol. The van der Waals surface area contributed by atoms with E-state index in [1.165, 1.54) is 7.11 Å². The average Bonchev–Trinajstić information content (AvgIpc) is 2.42. The van der Waals surface area contributed by atoms with Gasteiger partial charge in [-0.3, -0.25) is 4.79 Å². The van der Waals surface area contributed by atoms with Crippen molar-refractivity contribution < 1.29 is 24.2 Å². The molecule has 110 valence electrons. The molecule has 0 bridgehead atoms. The van der Waals surface area contributed by atoms with Gasteiger partial charge in [-0.1, -0.05) is 0 Å². The molecule has 0 radical (unpaired) electrons. The third kappa shape index (κ3) is 5.44.